The summed E-state index contributed by atoms with van der Waals surface area (Å²) in [5.41, 5.74) is 1.02. The summed E-state index contributed by atoms with van der Waals surface area (Å²) in [7, 11) is 1.77. The molecule has 7 heteroatoms. The number of nitrogens with one attached hydrogen (secondary N) is 1. The van der Waals surface area contributed by atoms with Gasteiger partial charge in [-0.2, -0.15) is 0 Å². The number of likely N-dealkylation sites (N-methyl/N-ethyl adjacent to an activating group) is 1. The Morgan fingerprint density at radius 2 is 2.19 bits per heavy atom. The molecule has 1 aliphatic heterocycles. The zero-order chi connectivity index (χ0) is 15.0. The fourth-order valence-corrected chi connectivity index (χ4v) is 3.93. The van der Waals surface area contributed by atoms with Gasteiger partial charge in [0.05, 0.1) is 0 Å². The summed E-state index contributed by atoms with van der Waals surface area (Å²) in [6.45, 7) is 1.93. The molecule has 0 saturated heterocycles. The number of aryl methyl sites for hydroxylation is 1. The van der Waals surface area contributed by atoms with E-state index >= 15 is 0 Å². The van der Waals surface area contributed by atoms with E-state index in [4.69, 9.17) is 0 Å². The van der Waals surface area contributed by atoms with Crippen molar-refractivity contribution < 1.29 is 9.90 Å². The zero-order valence-electron chi connectivity index (χ0n) is 11.7. The molecule has 1 aromatic rings. The number of carbonyl (C=O) groups is 1. The molecule has 2 aliphatic rings. The molecule has 21 heavy (non-hydrogen) atoms. The van der Waals surface area contributed by atoms with E-state index < -0.39 is 0 Å². The Morgan fingerprint density at radius 1 is 1.43 bits per heavy atom. The Bertz CT molecular complexity index is 688. The van der Waals surface area contributed by atoms with E-state index in [-0.39, 0.29) is 17.4 Å². The highest BCUT2D eigenvalue weighted by molar-refractivity contribution is 8.01. The number of aliphatic hydroxyl groups excluding tert-OH is 1. The SMILES string of the molecule is Cc1cnc(NC(=O)C2=C(O)C3=CCCC=C3SN2C)s1. The van der Waals surface area contributed by atoms with Gasteiger partial charge >= 0.3 is 0 Å². The van der Waals surface area contributed by atoms with Crippen molar-refractivity contribution >= 4 is 34.3 Å². The van der Waals surface area contributed by atoms with Gasteiger partial charge in [0, 0.05) is 28.6 Å². The molecule has 110 valence electrons. The maximum absolute atomic E-state index is 12.4. The van der Waals surface area contributed by atoms with Crippen LogP contribution >= 0.6 is 23.3 Å². The Hall–Kier alpha value is -1.73. The number of fused-ring (bicyclic) bond motifs is 1. The topological polar surface area (TPSA) is 65.5 Å². The first kappa shape index (κ1) is 14.2. The minimum Gasteiger partial charge on any atom is -0.505 e. The molecule has 2 N–H and O–H groups in total. The van der Waals surface area contributed by atoms with Crippen LogP contribution in [-0.4, -0.2) is 27.4 Å². The normalized spacial score (nSPS) is 18.1. The first-order valence-electron chi connectivity index (χ1n) is 6.56. The molecule has 0 aromatic carbocycles. The molecule has 0 bridgehead atoms. The number of thiazole rings is 1. The summed E-state index contributed by atoms with van der Waals surface area (Å²) < 4.78 is 1.69. The number of rotatable bonds is 2. The van der Waals surface area contributed by atoms with E-state index in [2.05, 4.69) is 16.4 Å². The number of carbonyl (C=O) groups excluding carboxylic acids is 1. The number of amides is 1. The van der Waals surface area contributed by atoms with Crippen molar-refractivity contribution in [2.45, 2.75) is 19.8 Å². The molecule has 2 heterocycles. The average molecular weight is 321 g/mol. The molecule has 5 nitrogen and oxygen atoms in total. The van der Waals surface area contributed by atoms with Crippen LogP contribution in [0.25, 0.3) is 0 Å². The quantitative estimate of drug-likeness (QED) is 0.818. The van der Waals surface area contributed by atoms with Gasteiger partial charge in [-0.1, -0.05) is 12.2 Å². The van der Waals surface area contributed by atoms with E-state index in [1.165, 1.54) is 23.3 Å². The third kappa shape index (κ3) is 2.71. The second-order valence-corrected chi connectivity index (χ2v) is 7.18. The predicted octanol–water partition coefficient (Wildman–Crippen LogP) is 3.36. The van der Waals surface area contributed by atoms with Crippen LogP contribution in [0.5, 0.6) is 0 Å². The van der Waals surface area contributed by atoms with Gasteiger partial charge in [-0.3, -0.25) is 10.1 Å². The minimum atomic E-state index is -0.345. The molecular weight excluding hydrogens is 306 g/mol. The highest BCUT2D eigenvalue weighted by Crippen LogP contribution is 2.42. The summed E-state index contributed by atoms with van der Waals surface area (Å²) in [4.78, 5) is 18.5. The fourth-order valence-electron chi connectivity index (χ4n) is 2.24. The second-order valence-electron chi connectivity index (χ2n) is 4.78. The first-order chi connectivity index (χ1) is 10.1. The van der Waals surface area contributed by atoms with Gasteiger partial charge in [0.15, 0.2) is 16.6 Å². The number of anilines is 1. The van der Waals surface area contributed by atoms with Crippen molar-refractivity contribution in [3.8, 4) is 0 Å². The van der Waals surface area contributed by atoms with Crippen LogP contribution < -0.4 is 5.32 Å². The van der Waals surface area contributed by atoms with Gasteiger partial charge in [0.2, 0.25) is 0 Å². The van der Waals surface area contributed by atoms with E-state index in [9.17, 15) is 9.90 Å². The third-order valence-corrected chi connectivity index (χ3v) is 5.06. The van der Waals surface area contributed by atoms with E-state index in [0.29, 0.717) is 5.13 Å². The molecule has 1 aliphatic carbocycles. The maximum atomic E-state index is 12.4. The number of hydrogen-bond donors (Lipinski definition) is 2. The summed E-state index contributed by atoms with van der Waals surface area (Å²) in [5.74, 6) is -0.310. The predicted molar refractivity (Wildman–Crippen MR) is 85.9 cm³/mol. The molecule has 1 amide bonds. The van der Waals surface area contributed by atoms with Crippen LogP contribution in [0.4, 0.5) is 5.13 Å². The van der Waals surface area contributed by atoms with E-state index in [1.807, 2.05) is 13.0 Å². The maximum Gasteiger partial charge on any atom is 0.278 e. The van der Waals surface area contributed by atoms with Crippen molar-refractivity contribution in [1.82, 2.24) is 9.29 Å². The smallest absolute Gasteiger partial charge is 0.278 e. The molecule has 0 atom stereocenters. The van der Waals surface area contributed by atoms with Crippen molar-refractivity contribution in [2.75, 3.05) is 12.4 Å². The van der Waals surface area contributed by atoms with Gasteiger partial charge in [0.25, 0.3) is 5.91 Å². The molecule has 0 radical (unpaired) electrons. The van der Waals surface area contributed by atoms with Crippen molar-refractivity contribution in [1.29, 1.82) is 0 Å². The van der Waals surface area contributed by atoms with Gasteiger partial charge in [-0.05, 0) is 31.7 Å². The van der Waals surface area contributed by atoms with Crippen LogP contribution in [0.2, 0.25) is 0 Å². The van der Waals surface area contributed by atoms with Crippen molar-refractivity contribution in [3.63, 3.8) is 0 Å². The van der Waals surface area contributed by atoms with Gasteiger partial charge in [-0.15, -0.1) is 11.3 Å². The molecular formula is C14H15N3O2S2. The van der Waals surface area contributed by atoms with Gasteiger partial charge < -0.3 is 9.41 Å². The van der Waals surface area contributed by atoms with Crippen LogP contribution in [-0.2, 0) is 4.79 Å². The second kappa shape index (κ2) is 5.57. The first-order valence-corrected chi connectivity index (χ1v) is 8.15. The third-order valence-electron chi connectivity index (χ3n) is 3.20. The summed E-state index contributed by atoms with van der Waals surface area (Å²) in [6.07, 6.45) is 7.62. The monoisotopic (exact) mass is 321 g/mol. The average Bonchev–Trinajstić information content (AvgIpc) is 2.84. The Balaban J connectivity index is 1.90. The van der Waals surface area contributed by atoms with Crippen LogP contribution in [0, 0.1) is 6.92 Å². The lowest BCUT2D eigenvalue weighted by Gasteiger charge is -2.30. The van der Waals surface area contributed by atoms with E-state index in [1.54, 1.807) is 17.5 Å². The molecule has 3 rings (SSSR count). The van der Waals surface area contributed by atoms with Crippen molar-refractivity contribution in [2.24, 2.45) is 0 Å². The molecule has 0 spiro atoms. The van der Waals surface area contributed by atoms with Gasteiger partial charge in [0.1, 0.15) is 0 Å². The summed E-state index contributed by atoms with van der Waals surface area (Å²) in [5, 5.41) is 13.7. The lowest BCUT2D eigenvalue weighted by Crippen LogP contribution is -2.29. The number of allylic oxidation sites excluding steroid dienone is 3. The fraction of sp³-hybridized carbons (Fsp3) is 0.286. The van der Waals surface area contributed by atoms with Gasteiger partial charge in [-0.25, -0.2) is 4.98 Å². The summed E-state index contributed by atoms with van der Waals surface area (Å²) >= 11 is 2.86. The number of aromatic nitrogens is 1. The minimum absolute atomic E-state index is 0.0352. The lowest BCUT2D eigenvalue weighted by atomic mass is 10.0. The van der Waals surface area contributed by atoms with Crippen LogP contribution in [0.15, 0.2) is 40.3 Å². The highest BCUT2D eigenvalue weighted by Gasteiger charge is 2.31. The lowest BCUT2D eigenvalue weighted by molar-refractivity contribution is -0.113. The molecule has 0 saturated carbocycles. The Labute approximate surface area is 131 Å². The van der Waals surface area contributed by atoms with E-state index in [0.717, 1.165) is 28.2 Å². The number of nitrogens with zero attached hydrogens (tertiary/aromatic N) is 2. The van der Waals surface area contributed by atoms with Crippen molar-refractivity contribution in [3.05, 3.63) is 45.2 Å². The molecule has 0 unspecified atom stereocenters. The van der Waals surface area contributed by atoms with Crippen LogP contribution in [0.3, 0.4) is 0 Å². The number of hydrogen-bond acceptors (Lipinski definition) is 6. The summed E-state index contributed by atoms with van der Waals surface area (Å²) in [6, 6.07) is 0. The largest absolute Gasteiger partial charge is 0.505 e. The molecule has 1 aromatic heterocycles. The Kier molecular flexibility index (Phi) is 3.77. The number of aliphatic hydroxyl groups is 1. The Morgan fingerprint density at radius 3 is 2.90 bits per heavy atom. The molecule has 0 fully saturated rings. The highest BCUT2D eigenvalue weighted by atomic mass is 32.2. The standard InChI is InChI=1S/C14H15N3O2S2/c1-8-7-15-14(20-8)16-13(19)11-12(18)9-5-3-4-6-10(9)21-17(11)2/h5-7,18H,3-4H2,1-2H3,(H,15,16,19). The zero-order valence-corrected chi connectivity index (χ0v) is 13.3. The van der Waals surface area contributed by atoms with Crippen LogP contribution in [0.1, 0.15) is 17.7 Å².